The van der Waals surface area contributed by atoms with E-state index < -0.39 is 18.0 Å². The highest BCUT2D eigenvalue weighted by Crippen LogP contribution is 2.30. The number of rotatable bonds is 7. The maximum atomic E-state index is 12.6. The van der Waals surface area contributed by atoms with Crippen molar-refractivity contribution in [2.45, 2.75) is 25.6 Å². The van der Waals surface area contributed by atoms with Gasteiger partial charge in [0.05, 0.1) is 11.6 Å². The Kier molecular flexibility index (Phi) is 7.88. The molecule has 0 aliphatic heterocycles. The first-order valence-electron chi connectivity index (χ1n) is 8.27. The Hall–Kier alpha value is -1.84. The highest BCUT2D eigenvalue weighted by molar-refractivity contribution is 7.09. The number of nitrogens with zero attached hydrogens (tertiary/aromatic N) is 2. The molecule has 0 spiro atoms. The summed E-state index contributed by atoms with van der Waals surface area (Å²) in [5.41, 5.74) is -0.285. The third-order valence-corrected chi connectivity index (χ3v) is 4.76. The summed E-state index contributed by atoms with van der Waals surface area (Å²) in [6.45, 7) is 2.94. The van der Waals surface area contributed by atoms with Crippen molar-refractivity contribution in [3.8, 4) is 0 Å². The molecule has 0 aliphatic rings. The Balaban J connectivity index is 1.90. The second kappa shape index (κ2) is 9.91. The van der Waals surface area contributed by atoms with Crippen molar-refractivity contribution in [2.24, 2.45) is 4.99 Å². The van der Waals surface area contributed by atoms with Crippen molar-refractivity contribution in [3.63, 3.8) is 0 Å². The molecule has 1 unspecified atom stereocenters. The molecule has 3 N–H and O–H groups in total. The number of nitrogens with one attached hydrogen (secondary N) is 2. The molecule has 2 rings (SSSR count). The Labute approximate surface area is 164 Å². The van der Waals surface area contributed by atoms with E-state index in [1.807, 2.05) is 6.92 Å². The van der Waals surface area contributed by atoms with Gasteiger partial charge in [-0.25, -0.2) is 4.98 Å². The standard InChI is InChI=1S/C17H20ClF3N4OS/c1-2-22-16(24-9-13(26)11-5-3-4-6-12(11)18)23-8-7-15-25-14(10-27-15)17(19,20)21/h3-6,10,13,26H,2,7-9H2,1H3,(H2,22,23,24). The molecule has 1 aromatic heterocycles. The lowest BCUT2D eigenvalue weighted by Crippen LogP contribution is -2.38. The molecule has 0 bridgehead atoms. The van der Waals surface area contributed by atoms with Crippen LogP contribution in [-0.4, -0.2) is 35.7 Å². The molecule has 1 heterocycles. The van der Waals surface area contributed by atoms with Crippen molar-refractivity contribution in [1.82, 2.24) is 15.6 Å². The van der Waals surface area contributed by atoms with Crippen LogP contribution in [0.25, 0.3) is 0 Å². The molecule has 10 heteroatoms. The molecule has 0 radical (unpaired) electrons. The second-order valence-electron chi connectivity index (χ2n) is 5.56. The average Bonchev–Trinajstić information content (AvgIpc) is 3.09. The summed E-state index contributed by atoms with van der Waals surface area (Å²) < 4.78 is 37.7. The van der Waals surface area contributed by atoms with Gasteiger partial charge >= 0.3 is 6.18 Å². The third kappa shape index (κ3) is 6.67. The van der Waals surface area contributed by atoms with Gasteiger partial charge in [0.25, 0.3) is 0 Å². The number of aromatic nitrogens is 1. The zero-order valence-corrected chi connectivity index (χ0v) is 16.1. The minimum absolute atomic E-state index is 0.0918. The van der Waals surface area contributed by atoms with Gasteiger partial charge in [0.15, 0.2) is 11.7 Å². The van der Waals surface area contributed by atoms with E-state index in [4.69, 9.17) is 11.6 Å². The maximum absolute atomic E-state index is 12.6. The van der Waals surface area contributed by atoms with Crippen LogP contribution in [0.2, 0.25) is 5.02 Å². The van der Waals surface area contributed by atoms with E-state index in [0.717, 1.165) is 16.7 Å². The SMILES string of the molecule is CCNC(=NCC(O)c1ccccc1Cl)NCCc1nc(C(F)(F)F)cs1. The zero-order chi connectivity index (χ0) is 19.9. The molecule has 5 nitrogen and oxygen atoms in total. The van der Waals surface area contributed by atoms with Crippen molar-refractivity contribution in [1.29, 1.82) is 0 Å². The third-order valence-electron chi connectivity index (χ3n) is 3.50. The number of aliphatic imine (C=N–C) groups is 1. The number of benzene rings is 1. The van der Waals surface area contributed by atoms with Gasteiger partial charge in [0.2, 0.25) is 0 Å². The van der Waals surface area contributed by atoms with Crippen LogP contribution < -0.4 is 10.6 Å². The van der Waals surface area contributed by atoms with Crippen molar-refractivity contribution in [3.05, 3.63) is 50.9 Å². The summed E-state index contributed by atoms with van der Waals surface area (Å²) in [5.74, 6) is 0.455. The molecule has 0 saturated heterocycles. The molecule has 1 atom stereocenters. The summed E-state index contributed by atoms with van der Waals surface area (Å²) in [7, 11) is 0. The van der Waals surface area contributed by atoms with Gasteiger partial charge in [-0.3, -0.25) is 4.99 Å². The van der Waals surface area contributed by atoms with Gasteiger partial charge in [-0.2, -0.15) is 13.2 Å². The average molecular weight is 421 g/mol. The zero-order valence-electron chi connectivity index (χ0n) is 14.6. The Morgan fingerprint density at radius 2 is 2.07 bits per heavy atom. The molecule has 2 aromatic rings. The molecule has 148 valence electrons. The van der Waals surface area contributed by atoms with E-state index in [2.05, 4.69) is 20.6 Å². The summed E-state index contributed by atoms with van der Waals surface area (Å²) in [4.78, 5) is 7.88. The number of guanidine groups is 1. The fourth-order valence-electron chi connectivity index (χ4n) is 2.21. The highest BCUT2D eigenvalue weighted by atomic mass is 35.5. The number of aliphatic hydroxyl groups excluding tert-OH is 1. The first-order valence-corrected chi connectivity index (χ1v) is 9.53. The van der Waals surface area contributed by atoms with Crippen LogP contribution >= 0.6 is 22.9 Å². The molecule has 0 aliphatic carbocycles. The fraction of sp³-hybridized carbons (Fsp3) is 0.412. The fourth-order valence-corrected chi connectivity index (χ4v) is 3.27. The minimum Gasteiger partial charge on any atom is -0.386 e. The normalized spacial score (nSPS) is 13.5. The lowest BCUT2D eigenvalue weighted by atomic mass is 10.1. The molecule has 0 fully saturated rings. The number of hydrogen-bond acceptors (Lipinski definition) is 4. The van der Waals surface area contributed by atoms with Crippen molar-refractivity contribution in [2.75, 3.05) is 19.6 Å². The van der Waals surface area contributed by atoms with Gasteiger partial charge < -0.3 is 15.7 Å². The molecule has 27 heavy (non-hydrogen) atoms. The predicted molar refractivity (Wildman–Crippen MR) is 101 cm³/mol. The minimum atomic E-state index is -4.42. The van der Waals surface area contributed by atoms with Crippen molar-refractivity contribution < 1.29 is 18.3 Å². The summed E-state index contributed by atoms with van der Waals surface area (Å²) in [6, 6.07) is 6.97. The first kappa shape index (κ1) is 21.5. The number of alkyl halides is 3. The smallest absolute Gasteiger partial charge is 0.386 e. The van der Waals surface area contributed by atoms with Gasteiger partial charge in [-0.15, -0.1) is 11.3 Å². The van der Waals surface area contributed by atoms with Crippen LogP contribution in [0.5, 0.6) is 0 Å². The second-order valence-corrected chi connectivity index (χ2v) is 6.91. The summed E-state index contributed by atoms with van der Waals surface area (Å²) in [5, 5.41) is 18.1. The van der Waals surface area contributed by atoms with Crippen LogP contribution in [0.3, 0.4) is 0 Å². The van der Waals surface area contributed by atoms with E-state index >= 15 is 0 Å². The number of hydrogen-bond donors (Lipinski definition) is 3. The van der Waals surface area contributed by atoms with E-state index in [0.29, 0.717) is 41.1 Å². The van der Waals surface area contributed by atoms with Gasteiger partial charge in [0.1, 0.15) is 6.10 Å². The van der Waals surface area contributed by atoms with Crippen LogP contribution in [0.15, 0.2) is 34.6 Å². The lowest BCUT2D eigenvalue weighted by Gasteiger charge is -2.13. The summed E-state index contributed by atoms with van der Waals surface area (Å²) >= 11 is 7.03. The highest BCUT2D eigenvalue weighted by Gasteiger charge is 2.33. The Morgan fingerprint density at radius 1 is 1.33 bits per heavy atom. The van der Waals surface area contributed by atoms with Gasteiger partial charge in [-0.05, 0) is 13.0 Å². The number of thiazole rings is 1. The largest absolute Gasteiger partial charge is 0.434 e. The van der Waals surface area contributed by atoms with Crippen LogP contribution in [-0.2, 0) is 12.6 Å². The number of halogens is 4. The predicted octanol–water partition coefficient (Wildman–Crippen LogP) is 3.65. The Bertz CT molecular complexity index is 767. The molecule has 0 saturated carbocycles. The molecular weight excluding hydrogens is 401 g/mol. The van der Waals surface area contributed by atoms with Gasteiger partial charge in [0, 0.05) is 35.5 Å². The molecule has 1 aromatic carbocycles. The molecular formula is C17H20ClF3N4OS. The van der Waals surface area contributed by atoms with E-state index in [1.165, 1.54) is 0 Å². The van der Waals surface area contributed by atoms with Gasteiger partial charge in [-0.1, -0.05) is 29.8 Å². The maximum Gasteiger partial charge on any atom is 0.434 e. The van der Waals surface area contributed by atoms with E-state index in [-0.39, 0.29) is 6.54 Å². The monoisotopic (exact) mass is 420 g/mol. The van der Waals surface area contributed by atoms with Crippen LogP contribution in [0.1, 0.15) is 29.3 Å². The number of aliphatic hydroxyl groups is 1. The lowest BCUT2D eigenvalue weighted by molar-refractivity contribution is -0.140. The Morgan fingerprint density at radius 3 is 2.70 bits per heavy atom. The van der Waals surface area contributed by atoms with Crippen molar-refractivity contribution >= 4 is 28.9 Å². The summed E-state index contributed by atoms with van der Waals surface area (Å²) in [6.07, 6.45) is -4.95. The first-order chi connectivity index (χ1) is 12.8. The quantitative estimate of drug-likeness (QED) is 0.472. The van der Waals surface area contributed by atoms with Crippen LogP contribution in [0.4, 0.5) is 13.2 Å². The molecule has 0 amide bonds. The van der Waals surface area contributed by atoms with Crippen LogP contribution in [0, 0.1) is 0 Å². The van der Waals surface area contributed by atoms with E-state index in [1.54, 1.807) is 24.3 Å². The topological polar surface area (TPSA) is 69.5 Å². The van der Waals surface area contributed by atoms with E-state index in [9.17, 15) is 18.3 Å².